The van der Waals surface area contributed by atoms with E-state index in [2.05, 4.69) is 11.8 Å². The van der Waals surface area contributed by atoms with E-state index in [1.807, 2.05) is 18.2 Å². The number of hydrogen-bond donors (Lipinski definition) is 1. The molecule has 1 aromatic carbocycles. The van der Waals surface area contributed by atoms with Gasteiger partial charge in [0, 0.05) is 12.6 Å². The van der Waals surface area contributed by atoms with E-state index in [1.54, 1.807) is 0 Å². The van der Waals surface area contributed by atoms with E-state index in [4.69, 9.17) is 28.9 Å². The van der Waals surface area contributed by atoms with Gasteiger partial charge < -0.3 is 5.73 Å². The molecule has 1 aliphatic rings. The SMILES string of the molecule is CC(N)C1CCN(Cc2ccc(Cl)c(Cl)c2)CC1. The van der Waals surface area contributed by atoms with Crippen LogP contribution in [0.2, 0.25) is 10.0 Å². The highest BCUT2D eigenvalue weighted by Gasteiger charge is 2.21. The van der Waals surface area contributed by atoms with Gasteiger partial charge >= 0.3 is 0 Å². The van der Waals surface area contributed by atoms with Crippen LogP contribution in [-0.2, 0) is 6.54 Å². The summed E-state index contributed by atoms with van der Waals surface area (Å²) in [6.07, 6.45) is 2.39. The van der Waals surface area contributed by atoms with Gasteiger partial charge in [-0.2, -0.15) is 0 Å². The normalized spacial score (nSPS) is 20.0. The molecule has 0 amide bonds. The third kappa shape index (κ3) is 3.61. The summed E-state index contributed by atoms with van der Waals surface area (Å²) in [6.45, 7) is 5.29. The second kappa shape index (κ2) is 6.25. The van der Waals surface area contributed by atoms with Crippen molar-refractivity contribution in [2.75, 3.05) is 13.1 Å². The van der Waals surface area contributed by atoms with E-state index in [-0.39, 0.29) is 0 Å². The summed E-state index contributed by atoms with van der Waals surface area (Å²) >= 11 is 11.9. The first kappa shape index (κ1) is 14.1. The third-order valence-electron chi connectivity index (χ3n) is 3.77. The molecule has 1 aromatic rings. The number of likely N-dealkylation sites (tertiary alicyclic amines) is 1. The zero-order valence-corrected chi connectivity index (χ0v) is 12.2. The van der Waals surface area contributed by atoms with Crippen LogP contribution in [0.3, 0.4) is 0 Å². The Morgan fingerprint density at radius 1 is 1.28 bits per heavy atom. The number of halogens is 2. The highest BCUT2D eigenvalue weighted by molar-refractivity contribution is 6.42. The average molecular weight is 287 g/mol. The number of rotatable bonds is 3. The molecular weight excluding hydrogens is 267 g/mol. The molecule has 0 aliphatic carbocycles. The van der Waals surface area contributed by atoms with Crippen LogP contribution in [0.15, 0.2) is 18.2 Å². The zero-order chi connectivity index (χ0) is 13.1. The molecule has 1 fully saturated rings. The van der Waals surface area contributed by atoms with E-state index in [0.717, 1.165) is 19.6 Å². The number of piperidine rings is 1. The van der Waals surface area contributed by atoms with Crippen molar-refractivity contribution >= 4 is 23.2 Å². The minimum Gasteiger partial charge on any atom is -0.328 e. The molecule has 1 aliphatic heterocycles. The molecule has 100 valence electrons. The maximum absolute atomic E-state index is 6.03. The van der Waals surface area contributed by atoms with Gasteiger partial charge in [0.1, 0.15) is 0 Å². The first-order chi connectivity index (χ1) is 8.56. The van der Waals surface area contributed by atoms with Gasteiger partial charge in [-0.25, -0.2) is 0 Å². The van der Waals surface area contributed by atoms with Gasteiger partial charge in [-0.15, -0.1) is 0 Å². The summed E-state index contributed by atoms with van der Waals surface area (Å²) in [5.41, 5.74) is 7.18. The van der Waals surface area contributed by atoms with Gasteiger partial charge in [0.25, 0.3) is 0 Å². The van der Waals surface area contributed by atoms with Crippen molar-refractivity contribution in [2.45, 2.75) is 32.4 Å². The molecular formula is C14H20Cl2N2. The minimum atomic E-state index is 0.317. The van der Waals surface area contributed by atoms with Gasteiger partial charge in [0.2, 0.25) is 0 Å². The van der Waals surface area contributed by atoms with Crippen molar-refractivity contribution in [3.63, 3.8) is 0 Å². The second-order valence-electron chi connectivity index (χ2n) is 5.22. The molecule has 0 saturated carbocycles. The van der Waals surface area contributed by atoms with Crippen LogP contribution < -0.4 is 5.73 Å². The fourth-order valence-corrected chi connectivity index (χ4v) is 2.85. The van der Waals surface area contributed by atoms with Crippen molar-refractivity contribution < 1.29 is 0 Å². The molecule has 2 rings (SSSR count). The van der Waals surface area contributed by atoms with Crippen LogP contribution in [-0.4, -0.2) is 24.0 Å². The smallest absolute Gasteiger partial charge is 0.0595 e. The highest BCUT2D eigenvalue weighted by Crippen LogP contribution is 2.25. The van der Waals surface area contributed by atoms with Crippen LogP contribution in [0.25, 0.3) is 0 Å². The van der Waals surface area contributed by atoms with Crippen LogP contribution in [0.4, 0.5) is 0 Å². The summed E-state index contributed by atoms with van der Waals surface area (Å²) in [5.74, 6) is 0.676. The maximum Gasteiger partial charge on any atom is 0.0595 e. The van der Waals surface area contributed by atoms with Crippen molar-refractivity contribution in [1.82, 2.24) is 4.90 Å². The quantitative estimate of drug-likeness (QED) is 0.921. The average Bonchev–Trinajstić information content (AvgIpc) is 2.34. The third-order valence-corrected chi connectivity index (χ3v) is 4.51. The lowest BCUT2D eigenvalue weighted by molar-refractivity contribution is 0.166. The van der Waals surface area contributed by atoms with Crippen molar-refractivity contribution in [3.05, 3.63) is 33.8 Å². The largest absolute Gasteiger partial charge is 0.328 e. The molecule has 18 heavy (non-hydrogen) atoms. The molecule has 0 aromatic heterocycles. The Hall–Kier alpha value is -0.280. The lowest BCUT2D eigenvalue weighted by Gasteiger charge is -2.33. The molecule has 0 radical (unpaired) electrons. The van der Waals surface area contributed by atoms with Gasteiger partial charge in [-0.3, -0.25) is 4.90 Å². The number of hydrogen-bond acceptors (Lipinski definition) is 2. The Morgan fingerprint density at radius 3 is 2.50 bits per heavy atom. The lowest BCUT2D eigenvalue weighted by Crippen LogP contribution is -2.39. The minimum absolute atomic E-state index is 0.317. The summed E-state index contributed by atoms with van der Waals surface area (Å²) in [4.78, 5) is 2.46. The van der Waals surface area contributed by atoms with Crippen LogP contribution in [0.5, 0.6) is 0 Å². The molecule has 1 saturated heterocycles. The Labute approximate surface area is 119 Å². The van der Waals surface area contributed by atoms with Crippen LogP contribution >= 0.6 is 23.2 Å². The number of nitrogens with zero attached hydrogens (tertiary/aromatic N) is 1. The Bertz CT molecular complexity index is 399. The molecule has 4 heteroatoms. The zero-order valence-electron chi connectivity index (χ0n) is 10.7. The summed E-state index contributed by atoms with van der Waals surface area (Å²) in [6, 6.07) is 6.19. The molecule has 0 bridgehead atoms. The van der Waals surface area contributed by atoms with Crippen molar-refractivity contribution in [1.29, 1.82) is 0 Å². The highest BCUT2D eigenvalue weighted by atomic mass is 35.5. The fourth-order valence-electron chi connectivity index (χ4n) is 2.53. The summed E-state index contributed by atoms with van der Waals surface area (Å²) in [7, 11) is 0. The maximum atomic E-state index is 6.03. The van der Waals surface area contributed by atoms with E-state index >= 15 is 0 Å². The lowest BCUT2D eigenvalue weighted by atomic mass is 9.91. The van der Waals surface area contributed by atoms with Gasteiger partial charge in [0.05, 0.1) is 10.0 Å². The van der Waals surface area contributed by atoms with Crippen molar-refractivity contribution in [3.8, 4) is 0 Å². The molecule has 1 heterocycles. The summed E-state index contributed by atoms with van der Waals surface area (Å²) in [5, 5.41) is 1.26. The molecule has 2 N–H and O–H groups in total. The van der Waals surface area contributed by atoms with Gasteiger partial charge in [-0.05, 0) is 56.5 Å². The van der Waals surface area contributed by atoms with Crippen molar-refractivity contribution in [2.24, 2.45) is 11.7 Å². The topological polar surface area (TPSA) is 29.3 Å². The van der Waals surface area contributed by atoms with E-state index in [9.17, 15) is 0 Å². The summed E-state index contributed by atoms with van der Waals surface area (Å²) < 4.78 is 0. The Kier molecular flexibility index (Phi) is 4.91. The monoisotopic (exact) mass is 286 g/mol. The fraction of sp³-hybridized carbons (Fsp3) is 0.571. The molecule has 0 spiro atoms. The van der Waals surface area contributed by atoms with E-state index in [1.165, 1.54) is 18.4 Å². The Balaban J connectivity index is 1.89. The van der Waals surface area contributed by atoms with E-state index < -0.39 is 0 Å². The molecule has 1 unspecified atom stereocenters. The van der Waals surface area contributed by atoms with Crippen LogP contribution in [0, 0.1) is 5.92 Å². The van der Waals surface area contributed by atoms with Crippen LogP contribution in [0.1, 0.15) is 25.3 Å². The first-order valence-corrected chi connectivity index (χ1v) is 7.23. The predicted octanol–water partition coefficient (Wildman–Crippen LogP) is 3.55. The molecule has 1 atom stereocenters. The van der Waals surface area contributed by atoms with Gasteiger partial charge in [0.15, 0.2) is 0 Å². The number of benzene rings is 1. The molecule has 2 nitrogen and oxygen atoms in total. The second-order valence-corrected chi connectivity index (χ2v) is 6.04. The number of nitrogens with two attached hydrogens (primary N) is 1. The Morgan fingerprint density at radius 2 is 1.94 bits per heavy atom. The van der Waals surface area contributed by atoms with E-state index in [0.29, 0.717) is 22.0 Å². The van der Waals surface area contributed by atoms with Gasteiger partial charge in [-0.1, -0.05) is 29.3 Å². The standard InChI is InChI=1S/C14H20Cl2N2/c1-10(17)12-4-6-18(7-5-12)9-11-2-3-13(15)14(16)8-11/h2-3,8,10,12H,4-7,9,17H2,1H3. The predicted molar refractivity (Wildman–Crippen MR) is 78.1 cm³/mol. The first-order valence-electron chi connectivity index (χ1n) is 6.48.